The number of fused-ring (bicyclic) bond motifs is 11. The highest BCUT2D eigenvalue weighted by Gasteiger charge is 2.20. The minimum Gasteiger partial charge on any atom is -0.452 e. The molecule has 15 rings (SSSR count). The van der Waals surface area contributed by atoms with Gasteiger partial charge in [-0.15, -0.1) is 0 Å². The van der Waals surface area contributed by atoms with Crippen molar-refractivity contribution in [1.29, 1.82) is 0 Å². The molecule has 0 saturated heterocycles. The van der Waals surface area contributed by atoms with Gasteiger partial charge in [-0.3, -0.25) is 0 Å². The molecule has 74 heavy (non-hydrogen) atoms. The molecular weight excluding hydrogens is 983 g/mol. The molecule has 12 heteroatoms. The zero-order chi connectivity index (χ0) is 49.7. The molecule has 0 bridgehead atoms. The third-order valence-corrected chi connectivity index (χ3v) is 13.4. The minimum absolute atomic E-state index is 0.212. The van der Waals surface area contributed by atoms with E-state index < -0.39 is 0 Å². The summed E-state index contributed by atoms with van der Waals surface area (Å²) in [7, 11) is 0. The first-order valence-corrected chi connectivity index (χ1v) is 24.7. The van der Waals surface area contributed by atoms with E-state index in [0.29, 0.717) is 28.1 Å². The Bertz CT molecular complexity index is 4620. The summed E-state index contributed by atoms with van der Waals surface area (Å²) in [6, 6.07) is 70.6. The number of para-hydroxylation sites is 3. The van der Waals surface area contributed by atoms with Crippen LogP contribution in [0, 0.1) is 0 Å². The summed E-state index contributed by atoms with van der Waals surface area (Å²) in [6.07, 6.45) is 0. The van der Waals surface area contributed by atoms with Crippen molar-refractivity contribution in [3.05, 3.63) is 228 Å². The predicted octanol–water partition coefficient (Wildman–Crippen LogP) is 18.1. The molecule has 0 atom stereocenters. The van der Waals surface area contributed by atoms with E-state index in [4.69, 9.17) is 48.1 Å². The smallest absolute Gasteiger partial charge is 0.223 e. The second-order valence-corrected chi connectivity index (χ2v) is 18.4. The van der Waals surface area contributed by atoms with E-state index in [0.717, 1.165) is 99.1 Å². The first-order valence-electron chi connectivity index (χ1n) is 23.6. The van der Waals surface area contributed by atoms with Crippen molar-refractivity contribution in [2.24, 2.45) is 0 Å². The van der Waals surface area contributed by atoms with Crippen LogP contribution in [0.3, 0.4) is 0 Å². The van der Waals surface area contributed by atoms with E-state index >= 15 is 0 Å². The van der Waals surface area contributed by atoms with E-state index in [1.807, 2.05) is 146 Å². The third-order valence-electron chi connectivity index (χ3n) is 12.9. The average Bonchev–Trinajstić information content (AvgIpc) is 4.14. The van der Waals surface area contributed by atoms with Gasteiger partial charge >= 0.3 is 0 Å². The van der Waals surface area contributed by atoms with E-state index in [1.165, 1.54) is 5.39 Å². The molecular formula is C62H35Cl3N6O3. The SMILES string of the molecule is Clc1nc(-c2ccc3ccccc3c2)c2oc3ccccc3c2n1.Clc1nc(-c2cccc(-c3ccccc3)c2)c2oc3ccccc3c2n1.Clc1nc(-c2cccc3ccccc23)c2oc3ccccc3c2n1. The largest absolute Gasteiger partial charge is 0.452 e. The Kier molecular flexibility index (Phi) is 11.5. The topological polar surface area (TPSA) is 117 Å². The van der Waals surface area contributed by atoms with Gasteiger partial charge < -0.3 is 13.3 Å². The maximum absolute atomic E-state index is 6.22. The molecule has 0 aliphatic heterocycles. The molecule has 0 saturated carbocycles. The summed E-state index contributed by atoms with van der Waals surface area (Å²) in [5.74, 6) is 0. The molecule has 9 nitrogen and oxygen atoms in total. The first-order chi connectivity index (χ1) is 36.4. The lowest BCUT2D eigenvalue weighted by Gasteiger charge is -2.06. The lowest BCUT2D eigenvalue weighted by atomic mass is 10.0. The van der Waals surface area contributed by atoms with Crippen LogP contribution in [0.15, 0.2) is 226 Å². The van der Waals surface area contributed by atoms with Crippen molar-refractivity contribution in [1.82, 2.24) is 29.9 Å². The van der Waals surface area contributed by atoms with Crippen molar-refractivity contribution in [2.75, 3.05) is 0 Å². The van der Waals surface area contributed by atoms with E-state index in [9.17, 15) is 0 Å². The van der Waals surface area contributed by atoms with Crippen LogP contribution < -0.4 is 0 Å². The van der Waals surface area contributed by atoms with E-state index in [2.05, 4.69) is 96.6 Å². The van der Waals surface area contributed by atoms with Crippen LogP contribution in [0.4, 0.5) is 0 Å². The molecule has 9 aromatic carbocycles. The monoisotopic (exact) mass is 1020 g/mol. The highest BCUT2D eigenvalue weighted by Crippen LogP contribution is 2.39. The molecule has 15 aromatic rings. The van der Waals surface area contributed by atoms with Crippen LogP contribution >= 0.6 is 34.8 Å². The molecule has 0 aliphatic carbocycles. The highest BCUT2D eigenvalue weighted by atomic mass is 35.5. The molecule has 0 spiro atoms. The highest BCUT2D eigenvalue weighted by molar-refractivity contribution is 6.30. The number of hydrogen-bond donors (Lipinski definition) is 0. The molecule has 0 unspecified atom stereocenters. The number of hydrogen-bond acceptors (Lipinski definition) is 9. The van der Waals surface area contributed by atoms with Crippen molar-refractivity contribution in [2.45, 2.75) is 0 Å². The predicted molar refractivity (Wildman–Crippen MR) is 300 cm³/mol. The lowest BCUT2D eigenvalue weighted by molar-refractivity contribution is 0.667. The maximum atomic E-state index is 6.22. The Morgan fingerprint density at radius 3 is 1.26 bits per heavy atom. The molecule has 352 valence electrons. The van der Waals surface area contributed by atoms with Crippen LogP contribution in [0.5, 0.6) is 0 Å². The van der Waals surface area contributed by atoms with Crippen molar-refractivity contribution >= 4 is 123 Å². The van der Waals surface area contributed by atoms with Gasteiger partial charge in [-0.1, -0.05) is 164 Å². The van der Waals surface area contributed by atoms with Gasteiger partial charge in [-0.25, -0.2) is 29.9 Å². The van der Waals surface area contributed by atoms with Gasteiger partial charge in [0, 0.05) is 32.8 Å². The van der Waals surface area contributed by atoms with Crippen LogP contribution in [-0.2, 0) is 0 Å². The number of aromatic nitrogens is 6. The van der Waals surface area contributed by atoms with Gasteiger partial charge in [0.25, 0.3) is 0 Å². The summed E-state index contributed by atoms with van der Waals surface area (Å²) >= 11 is 18.6. The summed E-state index contributed by atoms with van der Waals surface area (Å²) in [5, 5.41) is 8.06. The van der Waals surface area contributed by atoms with Crippen LogP contribution in [0.2, 0.25) is 15.9 Å². The number of halogens is 3. The Balaban J connectivity index is 0.000000107. The summed E-state index contributed by atoms with van der Waals surface area (Å²) in [5.41, 5.74) is 13.8. The van der Waals surface area contributed by atoms with Crippen LogP contribution in [0.25, 0.3) is 133 Å². The standard InChI is InChI=1S/C22H13ClN2O.2C20H11ClN2O/c23-22-24-19(21-20(25-22)17-11-4-5-12-18(17)26-21)16-10-6-9-15(13-16)14-7-2-1-3-8-14;21-20-22-17(14-10-5-7-12-6-1-2-8-13(12)14)19-18(23-20)15-9-3-4-11-16(15)24-19;21-20-22-17(14-10-9-12-5-1-2-6-13(12)11-14)19-18(23-20)15-7-3-4-8-16(15)24-19/h1-13H;2*1-11H. The normalized spacial score (nSPS) is 11.4. The van der Waals surface area contributed by atoms with E-state index in [-0.39, 0.29) is 15.9 Å². The first kappa shape index (κ1) is 44.9. The zero-order valence-electron chi connectivity index (χ0n) is 38.7. The van der Waals surface area contributed by atoms with Crippen LogP contribution in [0.1, 0.15) is 0 Å². The van der Waals surface area contributed by atoms with Gasteiger partial charge in [0.2, 0.25) is 15.9 Å². The second-order valence-electron chi connectivity index (χ2n) is 17.4. The second kappa shape index (κ2) is 18.9. The number of rotatable bonds is 4. The van der Waals surface area contributed by atoms with Gasteiger partial charge in [-0.2, -0.15) is 0 Å². The van der Waals surface area contributed by atoms with E-state index in [1.54, 1.807) is 0 Å². The molecule has 0 aliphatic rings. The Morgan fingerprint density at radius 1 is 0.270 bits per heavy atom. The summed E-state index contributed by atoms with van der Waals surface area (Å²) < 4.78 is 18.1. The molecule has 6 heterocycles. The third kappa shape index (κ3) is 8.28. The number of furan rings is 3. The fourth-order valence-electron chi connectivity index (χ4n) is 9.51. The molecule has 0 amide bonds. The summed E-state index contributed by atoms with van der Waals surface area (Å²) in [6.45, 7) is 0. The lowest BCUT2D eigenvalue weighted by Crippen LogP contribution is -1.90. The van der Waals surface area contributed by atoms with Crippen LogP contribution in [-0.4, -0.2) is 29.9 Å². The molecule has 0 N–H and O–H groups in total. The molecule has 0 fully saturated rings. The summed E-state index contributed by atoms with van der Waals surface area (Å²) in [4.78, 5) is 26.5. The van der Waals surface area contributed by atoms with Gasteiger partial charge in [0.1, 0.15) is 50.4 Å². The molecule has 0 radical (unpaired) electrons. The Labute approximate surface area is 436 Å². The Morgan fingerprint density at radius 2 is 0.676 bits per heavy atom. The fraction of sp³-hybridized carbons (Fsp3) is 0. The van der Waals surface area contributed by atoms with Crippen molar-refractivity contribution in [3.63, 3.8) is 0 Å². The zero-order valence-corrected chi connectivity index (χ0v) is 41.0. The number of nitrogens with zero attached hydrogens (tertiary/aromatic N) is 6. The fourth-order valence-corrected chi connectivity index (χ4v) is 10.0. The quantitative estimate of drug-likeness (QED) is 0.159. The van der Waals surface area contributed by atoms with Gasteiger partial charge in [-0.05, 0) is 116 Å². The van der Waals surface area contributed by atoms with Crippen molar-refractivity contribution < 1.29 is 13.3 Å². The van der Waals surface area contributed by atoms with Gasteiger partial charge in [0.05, 0.1) is 0 Å². The van der Waals surface area contributed by atoms with Crippen molar-refractivity contribution in [3.8, 4) is 44.9 Å². The average molecular weight is 1020 g/mol. The molecule has 6 aromatic heterocycles. The number of benzene rings is 9. The van der Waals surface area contributed by atoms with Gasteiger partial charge in [0.15, 0.2) is 16.7 Å². The Hall–Kier alpha value is -8.99. The minimum atomic E-state index is 0.212. The maximum Gasteiger partial charge on any atom is 0.223 e.